The second-order valence-corrected chi connectivity index (χ2v) is 5.27. The van der Waals surface area contributed by atoms with E-state index < -0.39 is 11.7 Å². The lowest BCUT2D eigenvalue weighted by Gasteiger charge is -2.08. The van der Waals surface area contributed by atoms with E-state index >= 15 is 0 Å². The van der Waals surface area contributed by atoms with Crippen molar-refractivity contribution in [3.05, 3.63) is 35.4 Å². The summed E-state index contributed by atoms with van der Waals surface area (Å²) in [6, 6.07) is 4.72. The Morgan fingerprint density at radius 3 is 2.22 bits per heavy atom. The number of carbonyl (C=O) groups excluding carboxylic acids is 2. The fourth-order valence-corrected chi connectivity index (χ4v) is 1.95. The van der Waals surface area contributed by atoms with Gasteiger partial charge in [-0.2, -0.15) is 13.2 Å². The molecule has 0 spiro atoms. The van der Waals surface area contributed by atoms with Gasteiger partial charge in [-0.3, -0.25) is 9.59 Å². The van der Waals surface area contributed by atoms with E-state index in [0.717, 1.165) is 25.0 Å². The smallest absolute Gasteiger partial charge is 0.356 e. The number of benzene rings is 1. The minimum Gasteiger partial charge on any atom is -0.356 e. The molecule has 0 aromatic heterocycles. The van der Waals surface area contributed by atoms with E-state index in [1.807, 2.05) is 0 Å². The predicted molar refractivity (Wildman–Crippen MR) is 80.4 cm³/mol. The van der Waals surface area contributed by atoms with Crippen molar-refractivity contribution in [1.82, 2.24) is 10.6 Å². The Hall–Kier alpha value is -2.05. The molecule has 0 aliphatic carbocycles. The number of halogens is 3. The first-order valence-electron chi connectivity index (χ1n) is 7.46. The van der Waals surface area contributed by atoms with Crippen LogP contribution in [0.5, 0.6) is 0 Å². The van der Waals surface area contributed by atoms with Crippen LogP contribution < -0.4 is 10.6 Å². The van der Waals surface area contributed by atoms with Crippen LogP contribution in [0.3, 0.4) is 0 Å². The number of alkyl halides is 3. The van der Waals surface area contributed by atoms with Gasteiger partial charge in [-0.15, -0.1) is 0 Å². The van der Waals surface area contributed by atoms with Gasteiger partial charge in [-0.1, -0.05) is 18.6 Å². The Balaban J connectivity index is 2.19. The molecule has 0 aliphatic rings. The van der Waals surface area contributed by atoms with Crippen molar-refractivity contribution in [2.45, 2.75) is 45.3 Å². The molecular formula is C16H21F3N2O2. The molecule has 0 aliphatic heterocycles. The molecule has 2 N–H and O–H groups in total. The largest absolute Gasteiger partial charge is 0.416 e. The van der Waals surface area contributed by atoms with Crippen LogP contribution in [0, 0.1) is 0 Å². The Morgan fingerprint density at radius 1 is 1.00 bits per heavy atom. The van der Waals surface area contributed by atoms with E-state index in [1.165, 1.54) is 19.1 Å². The van der Waals surface area contributed by atoms with Crippen LogP contribution in [0.15, 0.2) is 24.3 Å². The zero-order chi connectivity index (χ0) is 17.3. The van der Waals surface area contributed by atoms with Gasteiger partial charge in [0.1, 0.15) is 0 Å². The zero-order valence-electron chi connectivity index (χ0n) is 13.0. The highest BCUT2D eigenvalue weighted by molar-refractivity contribution is 5.75. The van der Waals surface area contributed by atoms with Gasteiger partial charge in [0.25, 0.3) is 0 Å². The highest BCUT2D eigenvalue weighted by Gasteiger charge is 2.29. The van der Waals surface area contributed by atoms with Gasteiger partial charge in [-0.25, -0.2) is 0 Å². The zero-order valence-corrected chi connectivity index (χ0v) is 13.0. The molecule has 7 heteroatoms. The average molecular weight is 330 g/mol. The van der Waals surface area contributed by atoms with Crippen LogP contribution in [0.2, 0.25) is 0 Å². The summed E-state index contributed by atoms with van der Waals surface area (Å²) in [6.45, 7) is 2.26. The van der Waals surface area contributed by atoms with Crippen LogP contribution in [0.25, 0.3) is 0 Å². The second kappa shape index (κ2) is 9.17. The number of hydrogen-bond acceptors (Lipinski definition) is 2. The van der Waals surface area contributed by atoms with Crippen LogP contribution in [0.1, 0.15) is 43.7 Å². The van der Waals surface area contributed by atoms with Gasteiger partial charge in [-0.05, 0) is 30.5 Å². The van der Waals surface area contributed by atoms with E-state index in [9.17, 15) is 22.8 Å². The Morgan fingerprint density at radius 2 is 1.65 bits per heavy atom. The van der Waals surface area contributed by atoms with Crippen LogP contribution in [-0.4, -0.2) is 18.4 Å². The highest BCUT2D eigenvalue weighted by atomic mass is 19.4. The van der Waals surface area contributed by atoms with E-state index in [0.29, 0.717) is 24.9 Å². The standard InChI is InChI=1S/C16H21F3N2O2/c1-12(22)20-10-4-2-3-5-15(23)21-11-13-6-8-14(9-7-13)16(17,18)19/h6-9H,2-5,10-11H2,1H3,(H,20,22)(H,21,23). The van der Waals surface area contributed by atoms with Crippen LogP contribution in [0.4, 0.5) is 13.2 Å². The molecule has 0 bridgehead atoms. The molecule has 0 unspecified atom stereocenters. The summed E-state index contributed by atoms with van der Waals surface area (Å²) in [5.74, 6) is -0.205. The molecule has 1 rings (SSSR count). The third-order valence-corrected chi connectivity index (χ3v) is 3.23. The minimum atomic E-state index is -4.35. The van der Waals surface area contributed by atoms with Crippen LogP contribution >= 0.6 is 0 Å². The molecule has 2 amide bonds. The Kier molecular flexibility index (Phi) is 7.57. The molecular weight excluding hydrogens is 309 g/mol. The maximum absolute atomic E-state index is 12.4. The van der Waals surface area contributed by atoms with Crippen molar-refractivity contribution in [3.63, 3.8) is 0 Å². The van der Waals surface area contributed by atoms with Crippen molar-refractivity contribution in [1.29, 1.82) is 0 Å². The maximum atomic E-state index is 12.4. The first-order chi connectivity index (χ1) is 10.8. The van der Waals surface area contributed by atoms with E-state index in [1.54, 1.807) is 0 Å². The molecule has 4 nitrogen and oxygen atoms in total. The van der Waals surface area contributed by atoms with Gasteiger partial charge in [0.2, 0.25) is 11.8 Å². The predicted octanol–water partition coefficient (Wildman–Crippen LogP) is 3.02. The summed E-state index contributed by atoms with van der Waals surface area (Å²) in [6.07, 6.45) is -1.64. The quantitative estimate of drug-likeness (QED) is 0.720. The number of carbonyl (C=O) groups is 2. The molecule has 0 radical (unpaired) electrons. The number of nitrogens with one attached hydrogen (secondary N) is 2. The van der Waals surface area contributed by atoms with Crippen molar-refractivity contribution in [3.8, 4) is 0 Å². The molecule has 0 saturated heterocycles. The average Bonchev–Trinajstić information content (AvgIpc) is 2.48. The summed E-state index contributed by atoms with van der Waals surface area (Å²) in [7, 11) is 0. The molecule has 23 heavy (non-hydrogen) atoms. The first kappa shape index (κ1) is 19.0. The topological polar surface area (TPSA) is 58.2 Å². The van der Waals surface area contributed by atoms with E-state index in [2.05, 4.69) is 10.6 Å². The summed E-state index contributed by atoms with van der Waals surface area (Å²) >= 11 is 0. The summed E-state index contributed by atoms with van der Waals surface area (Å²) in [5, 5.41) is 5.35. The maximum Gasteiger partial charge on any atom is 0.416 e. The van der Waals surface area contributed by atoms with Crippen molar-refractivity contribution < 1.29 is 22.8 Å². The Bertz CT molecular complexity index is 513. The van der Waals surface area contributed by atoms with E-state index in [4.69, 9.17) is 0 Å². The van der Waals surface area contributed by atoms with Gasteiger partial charge in [0.05, 0.1) is 5.56 Å². The van der Waals surface area contributed by atoms with Gasteiger partial charge in [0.15, 0.2) is 0 Å². The van der Waals surface area contributed by atoms with Crippen molar-refractivity contribution >= 4 is 11.8 Å². The SMILES string of the molecule is CC(=O)NCCCCCC(=O)NCc1ccc(C(F)(F)F)cc1. The molecule has 0 saturated carbocycles. The normalized spacial score (nSPS) is 11.1. The molecule has 1 aromatic carbocycles. The lowest BCUT2D eigenvalue weighted by Crippen LogP contribution is -2.23. The minimum absolute atomic E-state index is 0.0701. The molecule has 0 atom stereocenters. The van der Waals surface area contributed by atoms with Crippen molar-refractivity contribution in [2.24, 2.45) is 0 Å². The molecule has 1 aromatic rings. The second-order valence-electron chi connectivity index (χ2n) is 5.27. The fraction of sp³-hybridized carbons (Fsp3) is 0.500. The summed E-state index contributed by atoms with van der Waals surface area (Å²) in [4.78, 5) is 22.3. The molecule has 0 heterocycles. The molecule has 128 valence electrons. The fourth-order valence-electron chi connectivity index (χ4n) is 1.95. The first-order valence-corrected chi connectivity index (χ1v) is 7.46. The summed E-state index contributed by atoms with van der Waals surface area (Å²) < 4.78 is 37.2. The molecule has 0 fully saturated rings. The van der Waals surface area contributed by atoms with Gasteiger partial charge in [0, 0.05) is 26.4 Å². The van der Waals surface area contributed by atoms with E-state index in [-0.39, 0.29) is 18.4 Å². The number of unbranched alkanes of at least 4 members (excludes halogenated alkanes) is 2. The van der Waals surface area contributed by atoms with Gasteiger partial charge < -0.3 is 10.6 Å². The summed E-state index contributed by atoms with van der Waals surface area (Å²) in [5.41, 5.74) is -0.0799. The lowest BCUT2D eigenvalue weighted by molar-refractivity contribution is -0.137. The lowest BCUT2D eigenvalue weighted by atomic mass is 10.1. The number of amides is 2. The van der Waals surface area contributed by atoms with Crippen molar-refractivity contribution in [2.75, 3.05) is 6.54 Å². The van der Waals surface area contributed by atoms with Crippen LogP contribution in [-0.2, 0) is 22.3 Å². The monoisotopic (exact) mass is 330 g/mol. The Labute approximate surface area is 133 Å². The van der Waals surface area contributed by atoms with Gasteiger partial charge >= 0.3 is 6.18 Å². The number of rotatable bonds is 8. The highest BCUT2D eigenvalue weighted by Crippen LogP contribution is 2.28. The third kappa shape index (κ3) is 8.23. The third-order valence-electron chi connectivity index (χ3n) is 3.23. The number of hydrogen-bond donors (Lipinski definition) is 2.